The predicted molar refractivity (Wildman–Crippen MR) is 133 cm³/mol. The number of hydrogen-bond acceptors (Lipinski definition) is 4. The number of aromatic amines is 1. The lowest BCUT2D eigenvalue weighted by atomic mass is 9.99. The molecule has 4 aromatic rings. The first kappa shape index (κ1) is 22.6. The van der Waals surface area contributed by atoms with Crippen LogP contribution in [0.3, 0.4) is 0 Å². The summed E-state index contributed by atoms with van der Waals surface area (Å²) in [5.74, 6) is 1.13. The number of nitrogens with one attached hydrogen (secondary N) is 1. The topological polar surface area (TPSA) is 79.7 Å². The number of H-pyrrole nitrogens is 1. The van der Waals surface area contributed by atoms with Crippen molar-refractivity contribution in [1.82, 2.24) is 19.3 Å². The second-order valence-corrected chi connectivity index (χ2v) is 9.24. The van der Waals surface area contributed by atoms with Crippen LogP contribution in [0.25, 0.3) is 16.6 Å². The van der Waals surface area contributed by atoms with E-state index in [-0.39, 0.29) is 29.8 Å². The van der Waals surface area contributed by atoms with Gasteiger partial charge in [0, 0.05) is 37.8 Å². The van der Waals surface area contributed by atoms with Crippen molar-refractivity contribution >= 4 is 34.9 Å². The molecular formula is C26H27ClN4O3. The molecule has 0 spiro atoms. The Morgan fingerprint density at radius 2 is 1.88 bits per heavy atom. The molecule has 1 saturated heterocycles. The molecule has 8 heteroatoms. The number of aryl methyl sites for hydroxylation is 2. The number of imidazole rings is 1. The summed E-state index contributed by atoms with van der Waals surface area (Å²) < 4.78 is 7.49. The van der Waals surface area contributed by atoms with E-state index in [9.17, 15) is 9.59 Å². The minimum Gasteiger partial charge on any atom is -0.381 e. The van der Waals surface area contributed by atoms with Gasteiger partial charge in [-0.05, 0) is 61.1 Å². The summed E-state index contributed by atoms with van der Waals surface area (Å²) in [7, 11) is 0. The van der Waals surface area contributed by atoms with E-state index in [0.717, 1.165) is 29.7 Å². The van der Waals surface area contributed by atoms with Crippen LogP contribution in [-0.4, -0.2) is 38.4 Å². The van der Waals surface area contributed by atoms with Crippen LogP contribution in [0, 0.1) is 13.8 Å². The Morgan fingerprint density at radius 1 is 1.09 bits per heavy atom. The third-order valence-corrected chi connectivity index (χ3v) is 7.18. The summed E-state index contributed by atoms with van der Waals surface area (Å²) in [6.45, 7) is 6.68. The van der Waals surface area contributed by atoms with Gasteiger partial charge >= 0.3 is 0 Å². The fraction of sp³-hybridized carbons (Fsp3) is 0.346. The fourth-order valence-electron chi connectivity index (χ4n) is 5.32. The maximum Gasteiger partial charge on any atom is 0.274 e. The number of fused-ring (bicyclic) bond motifs is 4. The number of carbonyl (C=O) groups excluding carboxylic acids is 1. The van der Waals surface area contributed by atoms with Crippen molar-refractivity contribution in [1.29, 1.82) is 0 Å². The van der Waals surface area contributed by atoms with E-state index < -0.39 is 0 Å². The molecule has 0 radical (unpaired) electrons. The molecule has 7 nitrogen and oxygen atoms in total. The van der Waals surface area contributed by atoms with Crippen molar-refractivity contribution in [2.45, 2.75) is 45.7 Å². The summed E-state index contributed by atoms with van der Waals surface area (Å²) >= 11 is 0. The molecule has 34 heavy (non-hydrogen) atoms. The van der Waals surface area contributed by atoms with Gasteiger partial charge in [0.15, 0.2) is 0 Å². The zero-order chi connectivity index (χ0) is 22.7. The van der Waals surface area contributed by atoms with Gasteiger partial charge in [0.25, 0.3) is 11.5 Å². The molecule has 4 heterocycles. The fourth-order valence-corrected chi connectivity index (χ4v) is 5.32. The lowest BCUT2D eigenvalue weighted by Gasteiger charge is -2.22. The highest BCUT2D eigenvalue weighted by Crippen LogP contribution is 2.31. The second-order valence-electron chi connectivity index (χ2n) is 9.24. The Hall–Kier alpha value is -3.16. The summed E-state index contributed by atoms with van der Waals surface area (Å²) in [6.07, 6.45) is 3.43. The summed E-state index contributed by atoms with van der Waals surface area (Å²) in [4.78, 5) is 35.8. The molecule has 0 unspecified atom stereocenters. The van der Waals surface area contributed by atoms with Crippen molar-refractivity contribution < 1.29 is 9.53 Å². The number of nitrogens with zero attached hydrogens (tertiary/aromatic N) is 3. The minimum absolute atomic E-state index is 0. The zero-order valence-electron chi connectivity index (χ0n) is 19.3. The van der Waals surface area contributed by atoms with Crippen molar-refractivity contribution in [3.63, 3.8) is 0 Å². The molecule has 1 amide bonds. The Morgan fingerprint density at radius 3 is 2.65 bits per heavy atom. The van der Waals surface area contributed by atoms with Gasteiger partial charge in [-0.15, -0.1) is 12.4 Å². The van der Waals surface area contributed by atoms with Crippen molar-refractivity contribution in [3.8, 4) is 0 Å². The van der Waals surface area contributed by atoms with E-state index >= 15 is 0 Å². The van der Waals surface area contributed by atoms with Gasteiger partial charge in [0.1, 0.15) is 11.3 Å². The van der Waals surface area contributed by atoms with Crippen LogP contribution in [-0.2, 0) is 17.8 Å². The number of rotatable bonds is 2. The van der Waals surface area contributed by atoms with Crippen molar-refractivity contribution in [2.24, 2.45) is 0 Å². The number of carbonyl (C=O) groups is 1. The number of ether oxygens (including phenoxy) is 1. The monoisotopic (exact) mass is 478 g/mol. The Balaban J connectivity index is 0.00000241. The van der Waals surface area contributed by atoms with Gasteiger partial charge in [-0.25, -0.2) is 4.98 Å². The van der Waals surface area contributed by atoms with Gasteiger partial charge in [-0.1, -0.05) is 18.2 Å². The molecule has 2 aliphatic rings. The van der Waals surface area contributed by atoms with Crippen LogP contribution in [0.2, 0.25) is 0 Å². The quantitative estimate of drug-likeness (QED) is 0.466. The number of hydrogen-bond donors (Lipinski definition) is 1. The normalized spacial score (nSPS) is 16.1. The molecule has 2 aliphatic heterocycles. The number of amides is 1. The number of halogens is 1. The van der Waals surface area contributed by atoms with Gasteiger partial charge in [0.2, 0.25) is 0 Å². The molecule has 1 N–H and O–H groups in total. The van der Waals surface area contributed by atoms with E-state index in [2.05, 4.69) is 29.0 Å². The van der Waals surface area contributed by atoms with Gasteiger partial charge in [0.05, 0.1) is 17.2 Å². The van der Waals surface area contributed by atoms with E-state index in [1.54, 1.807) is 6.20 Å². The van der Waals surface area contributed by atoms with E-state index in [4.69, 9.17) is 4.74 Å². The Bertz CT molecular complexity index is 1480. The lowest BCUT2D eigenvalue weighted by molar-refractivity contribution is 0.0750. The second kappa shape index (κ2) is 8.56. The van der Waals surface area contributed by atoms with Gasteiger partial charge < -0.3 is 14.6 Å². The highest BCUT2D eigenvalue weighted by Gasteiger charge is 2.27. The average molecular weight is 479 g/mol. The molecule has 2 aromatic carbocycles. The SMILES string of the molecule is Cc1cc2c(cc1C(=O)N1Cc3cccc(C)c3C1)[nH]c(=O)c1cnc(C3CCOCC3)n12.Cl. The molecule has 0 aliphatic carbocycles. The minimum atomic E-state index is -0.195. The smallest absolute Gasteiger partial charge is 0.274 e. The Kier molecular flexibility index (Phi) is 5.70. The summed E-state index contributed by atoms with van der Waals surface area (Å²) in [5, 5.41) is 0. The molecule has 0 bridgehead atoms. The van der Waals surface area contributed by atoms with Crippen LogP contribution in [0.15, 0.2) is 41.3 Å². The predicted octanol–water partition coefficient (Wildman–Crippen LogP) is 4.26. The molecule has 2 aromatic heterocycles. The van der Waals surface area contributed by atoms with Crippen molar-refractivity contribution in [3.05, 3.63) is 80.5 Å². The molecule has 0 atom stereocenters. The van der Waals surface area contributed by atoms with E-state index in [1.807, 2.05) is 34.4 Å². The first-order valence-corrected chi connectivity index (χ1v) is 11.5. The van der Waals surface area contributed by atoms with E-state index in [0.29, 0.717) is 42.9 Å². The molecule has 176 valence electrons. The highest BCUT2D eigenvalue weighted by molar-refractivity contribution is 5.99. The third kappa shape index (κ3) is 3.51. The Labute approximate surface area is 203 Å². The lowest BCUT2D eigenvalue weighted by Crippen LogP contribution is -2.26. The van der Waals surface area contributed by atoms with Crippen LogP contribution in [0.4, 0.5) is 0 Å². The van der Waals surface area contributed by atoms with Gasteiger partial charge in [-0.3, -0.25) is 14.0 Å². The third-order valence-electron chi connectivity index (χ3n) is 7.18. The summed E-state index contributed by atoms with van der Waals surface area (Å²) in [5.41, 5.74) is 7.03. The number of aromatic nitrogens is 3. The largest absolute Gasteiger partial charge is 0.381 e. The summed E-state index contributed by atoms with van der Waals surface area (Å²) in [6, 6.07) is 10.1. The first-order chi connectivity index (χ1) is 16.0. The van der Waals surface area contributed by atoms with Crippen LogP contribution >= 0.6 is 12.4 Å². The van der Waals surface area contributed by atoms with Crippen LogP contribution in [0.1, 0.15) is 57.2 Å². The highest BCUT2D eigenvalue weighted by atomic mass is 35.5. The first-order valence-electron chi connectivity index (χ1n) is 11.5. The standard InChI is InChI=1S/C26H26N4O3.ClH/c1-15-4-3-5-18-13-29(14-20(15)18)26(32)19-11-21-22(10-16(19)2)30-23(25(31)28-21)12-27-24(30)17-6-8-33-9-7-17;/h3-5,10-12,17H,6-9,13-14H2,1-2H3,(H,28,31);1H. The zero-order valence-corrected chi connectivity index (χ0v) is 20.1. The maximum absolute atomic E-state index is 13.5. The van der Waals surface area contributed by atoms with Gasteiger partial charge in [-0.2, -0.15) is 0 Å². The van der Waals surface area contributed by atoms with Crippen molar-refractivity contribution in [2.75, 3.05) is 13.2 Å². The molecule has 0 saturated carbocycles. The average Bonchev–Trinajstić information content (AvgIpc) is 3.46. The van der Waals surface area contributed by atoms with Crippen LogP contribution in [0.5, 0.6) is 0 Å². The molecule has 1 fully saturated rings. The van der Waals surface area contributed by atoms with Crippen LogP contribution < -0.4 is 5.56 Å². The molecule has 6 rings (SSSR count). The number of benzene rings is 2. The van der Waals surface area contributed by atoms with E-state index in [1.165, 1.54) is 16.7 Å². The molecular weight excluding hydrogens is 452 g/mol. The maximum atomic E-state index is 13.5.